The van der Waals surface area contributed by atoms with Crippen molar-refractivity contribution >= 4 is 28.5 Å². The zero-order valence-electron chi connectivity index (χ0n) is 14.6. The highest BCUT2D eigenvalue weighted by atomic mass is 35.5. The van der Waals surface area contributed by atoms with Crippen molar-refractivity contribution in [2.24, 2.45) is 0 Å². The summed E-state index contributed by atoms with van der Waals surface area (Å²) in [5, 5.41) is 0.724. The zero-order valence-corrected chi connectivity index (χ0v) is 15.4. The number of nitrogens with zero attached hydrogens (tertiary/aromatic N) is 2. The van der Waals surface area contributed by atoms with E-state index in [1.54, 1.807) is 0 Å². The van der Waals surface area contributed by atoms with E-state index in [0.29, 0.717) is 12.3 Å². The number of halogens is 1. The Balaban J connectivity index is 1.32. The van der Waals surface area contributed by atoms with Crippen LogP contribution in [0.5, 0.6) is 0 Å². The lowest BCUT2D eigenvalue weighted by atomic mass is 9.95. The summed E-state index contributed by atoms with van der Waals surface area (Å²) in [6.07, 6.45) is 3.20. The molecule has 1 aliphatic heterocycles. The summed E-state index contributed by atoms with van der Waals surface area (Å²) in [6, 6.07) is 15.9. The monoisotopic (exact) mass is 367 g/mol. The minimum absolute atomic E-state index is 0.230. The molecule has 1 N–H and O–H groups in total. The average molecular weight is 368 g/mol. The maximum absolute atomic E-state index is 12.5. The number of amides is 1. The van der Waals surface area contributed by atoms with Crippen molar-refractivity contribution in [1.82, 2.24) is 14.9 Å². The summed E-state index contributed by atoms with van der Waals surface area (Å²) in [5.41, 5.74) is 3.22. The molecular weight excluding hydrogens is 346 g/mol. The summed E-state index contributed by atoms with van der Waals surface area (Å²) in [5.74, 6) is 1.68. The highest BCUT2D eigenvalue weighted by molar-refractivity contribution is 6.30. The Hall–Kier alpha value is -2.33. The van der Waals surface area contributed by atoms with E-state index in [0.717, 1.165) is 59.8 Å². The molecule has 0 atom stereocenters. The predicted molar refractivity (Wildman–Crippen MR) is 104 cm³/mol. The molecule has 2 heterocycles. The topological polar surface area (TPSA) is 49.0 Å². The Morgan fingerprint density at radius 2 is 1.96 bits per heavy atom. The minimum Gasteiger partial charge on any atom is -0.343 e. The van der Waals surface area contributed by atoms with Crippen LogP contribution in [-0.4, -0.2) is 33.9 Å². The highest BCUT2D eigenvalue weighted by Gasteiger charge is 2.25. The van der Waals surface area contributed by atoms with Gasteiger partial charge in [-0.2, -0.15) is 0 Å². The standard InChI is InChI=1S/C21H22ClN3O/c22-17-5-3-4-15(14-17)8-9-20(26)25-12-10-16(11-13-25)21-23-18-6-1-2-7-19(18)24-21/h1-7,14,16H,8-13H2,(H,23,24). The molecule has 5 heteroatoms. The summed E-state index contributed by atoms with van der Waals surface area (Å²) in [4.78, 5) is 22.7. The fourth-order valence-electron chi connectivity index (χ4n) is 3.67. The molecule has 0 spiro atoms. The largest absolute Gasteiger partial charge is 0.343 e. The Bertz CT molecular complexity index is 879. The normalized spacial score (nSPS) is 15.5. The van der Waals surface area contributed by atoms with Crippen LogP contribution >= 0.6 is 11.6 Å². The van der Waals surface area contributed by atoms with Gasteiger partial charge in [0, 0.05) is 30.5 Å². The number of H-pyrrole nitrogens is 1. The van der Waals surface area contributed by atoms with Crippen LogP contribution in [0.2, 0.25) is 5.02 Å². The van der Waals surface area contributed by atoms with Crippen LogP contribution in [0.15, 0.2) is 48.5 Å². The first-order chi connectivity index (χ1) is 12.7. The molecule has 1 fully saturated rings. The number of likely N-dealkylation sites (tertiary alicyclic amines) is 1. The minimum atomic E-state index is 0.230. The van der Waals surface area contributed by atoms with E-state index >= 15 is 0 Å². The van der Waals surface area contributed by atoms with E-state index in [1.807, 2.05) is 47.4 Å². The fourth-order valence-corrected chi connectivity index (χ4v) is 3.88. The first kappa shape index (κ1) is 17.1. The van der Waals surface area contributed by atoms with Crippen LogP contribution in [0.3, 0.4) is 0 Å². The van der Waals surface area contributed by atoms with Gasteiger partial charge in [0.1, 0.15) is 5.82 Å². The molecule has 1 saturated heterocycles. The molecule has 0 aliphatic carbocycles. The lowest BCUT2D eigenvalue weighted by molar-refractivity contribution is -0.132. The van der Waals surface area contributed by atoms with Crippen molar-refractivity contribution in [2.75, 3.05) is 13.1 Å². The molecule has 1 aromatic heterocycles. The molecule has 4 nitrogen and oxygen atoms in total. The van der Waals surface area contributed by atoms with E-state index in [-0.39, 0.29) is 5.91 Å². The van der Waals surface area contributed by atoms with Crippen LogP contribution in [0.1, 0.15) is 36.6 Å². The summed E-state index contributed by atoms with van der Waals surface area (Å²) in [6.45, 7) is 1.60. The predicted octanol–water partition coefficient (Wildman–Crippen LogP) is 4.56. The molecule has 3 aromatic rings. The number of benzene rings is 2. The number of nitrogens with one attached hydrogen (secondary N) is 1. The summed E-state index contributed by atoms with van der Waals surface area (Å²) < 4.78 is 0. The van der Waals surface area contributed by atoms with E-state index in [4.69, 9.17) is 16.6 Å². The number of imidazole rings is 1. The van der Waals surface area contributed by atoms with Gasteiger partial charge in [-0.05, 0) is 49.1 Å². The number of para-hydroxylation sites is 2. The highest BCUT2D eigenvalue weighted by Crippen LogP contribution is 2.28. The second kappa shape index (κ2) is 7.50. The van der Waals surface area contributed by atoms with Gasteiger partial charge in [-0.15, -0.1) is 0 Å². The molecule has 4 rings (SSSR count). The van der Waals surface area contributed by atoms with E-state index in [2.05, 4.69) is 11.1 Å². The first-order valence-electron chi connectivity index (χ1n) is 9.16. The lowest BCUT2D eigenvalue weighted by Gasteiger charge is -2.31. The molecule has 26 heavy (non-hydrogen) atoms. The summed E-state index contributed by atoms with van der Waals surface area (Å²) in [7, 11) is 0. The van der Waals surface area contributed by atoms with E-state index in [9.17, 15) is 4.79 Å². The van der Waals surface area contributed by atoms with Crippen molar-refractivity contribution in [1.29, 1.82) is 0 Å². The second-order valence-electron chi connectivity index (χ2n) is 6.92. The number of aromatic nitrogens is 2. The van der Waals surface area contributed by atoms with Crippen LogP contribution in [0.4, 0.5) is 0 Å². The van der Waals surface area contributed by atoms with Gasteiger partial charge in [0.25, 0.3) is 0 Å². The number of fused-ring (bicyclic) bond motifs is 1. The number of aromatic amines is 1. The number of aryl methyl sites for hydroxylation is 1. The van der Waals surface area contributed by atoms with Crippen molar-refractivity contribution in [3.05, 3.63) is 64.9 Å². The third-order valence-corrected chi connectivity index (χ3v) is 5.39. The van der Waals surface area contributed by atoms with E-state index < -0.39 is 0 Å². The van der Waals surface area contributed by atoms with Crippen LogP contribution in [0.25, 0.3) is 11.0 Å². The molecule has 0 saturated carbocycles. The number of hydrogen-bond donors (Lipinski definition) is 1. The lowest BCUT2D eigenvalue weighted by Crippen LogP contribution is -2.38. The van der Waals surface area contributed by atoms with E-state index in [1.165, 1.54) is 0 Å². The van der Waals surface area contributed by atoms with Crippen LogP contribution < -0.4 is 0 Å². The van der Waals surface area contributed by atoms with Gasteiger partial charge in [0.05, 0.1) is 11.0 Å². The number of piperidine rings is 1. The zero-order chi connectivity index (χ0) is 17.9. The number of carbonyl (C=O) groups is 1. The molecular formula is C21H22ClN3O. The van der Waals surface area contributed by atoms with Crippen molar-refractivity contribution in [3.63, 3.8) is 0 Å². The fraction of sp³-hybridized carbons (Fsp3) is 0.333. The Morgan fingerprint density at radius 1 is 1.15 bits per heavy atom. The SMILES string of the molecule is O=C(CCc1cccc(Cl)c1)N1CCC(c2nc3ccccc3[nH]2)CC1. The second-order valence-corrected chi connectivity index (χ2v) is 7.36. The van der Waals surface area contributed by atoms with Gasteiger partial charge >= 0.3 is 0 Å². The third-order valence-electron chi connectivity index (χ3n) is 5.16. The van der Waals surface area contributed by atoms with Gasteiger partial charge in [-0.25, -0.2) is 4.98 Å². The molecule has 0 radical (unpaired) electrons. The maximum Gasteiger partial charge on any atom is 0.222 e. The van der Waals surface area contributed by atoms with Gasteiger partial charge in [-0.1, -0.05) is 35.9 Å². The molecule has 0 bridgehead atoms. The Morgan fingerprint density at radius 3 is 2.73 bits per heavy atom. The maximum atomic E-state index is 12.5. The van der Waals surface area contributed by atoms with Crippen LogP contribution in [0, 0.1) is 0 Å². The summed E-state index contributed by atoms with van der Waals surface area (Å²) >= 11 is 6.01. The van der Waals surface area contributed by atoms with Crippen molar-refractivity contribution < 1.29 is 4.79 Å². The van der Waals surface area contributed by atoms with Gasteiger partial charge in [0.15, 0.2) is 0 Å². The van der Waals surface area contributed by atoms with Crippen LogP contribution in [-0.2, 0) is 11.2 Å². The molecule has 0 unspecified atom stereocenters. The van der Waals surface area contributed by atoms with Gasteiger partial charge in [-0.3, -0.25) is 4.79 Å². The number of rotatable bonds is 4. The molecule has 1 amide bonds. The molecule has 1 aliphatic rings. The number of hydrogen-bond acceptors (Lipinski definition) is 2. The van der Waals surface area contributed by atoms with Crippen molar-refractivity contribution in [3.8, 4) is 0 Å². The first-order valence-corrected chi connectivity index (χ1v) is 9.54. The number of carbonyl (C=O) groups excluding carboxylic acids is 1. The molecule has 134 valence electrons. The van der Waals surface area contributed by atoms with Gasteiger partial charge in [0.2, 0.25) is 5.91 Å². The third kappa shape index (κ3) is 3.75. The average Bonchev–Trinajstić information content (AvgIpc) is 3.10. The molecule has 2 aromatic carbocycles. The Labute approximate surface area is 158 Å². The Kier molecular flexibility index (Phi) is 4.93. The smallest absolute Gasteiger partial charge is 0.222 e. The van der Waals surface area contributed by atoms with Gasteiger partial charge < -0.3 is 9.88 Å². The van der Waals surface area contributed by atoms with Crippen molar-refractivity contribution in [2.45, 2.75) is 31.6 Å². The quantitative estimate of drug-likeness (QED) is 0.735.